The number of pyridine rings is 2. The van der Waals surface area contributed by atoms with Crippen LogP contribution >= 0.6 is 0 Å². The molecule has 4 aromatic carbocycles. The number of ether oxygens (including phenoxy) is 1. The minimum Gasteiger partial charge on any atom is -0.445 e. The van der Waals surface area contributed by atoms with Crippen molar-refractivity contribution >= 4 is 39.2 Å². The van der Waals surface area contributed by atoms with E-state index in [1.54, 1.807) is 45.4 Å². The summed E-state index contributed by atoms with van der Waals surface area (Å²) >= 11 is 0. The predicted molar refractivity (Wildman–Crippen MR) is 249 cm³/mol. The molecular formula is C51H42F4N12O2. The van der Waals surface area contributed by atoms with Crippen molar-refractivity contribution in [3.63, 3.8) is 0 Å². The van der Waals surface area contributed by atoms with Gasteiger partial charge in [0.25, 0.3) is 0 Å². The van der Waals surface area contributed by atoms with E-state index in [1.165, 1.54) is 0 Å². The Kier molecular flexibility index (Phi) is 11.7. The highest BCUT2D eigenvalue weighted by atomic mass is 19.2. The standard InChI is InChI=1S/C51H42F4N12O2/c1-51(2,3)67(56)50(68)69-37(24-30-6-13-34(14-7-30)43-19-21-45-60-62-47(66(45)64-43)26-32-10-17-41-36(23-32)28-39(53)49(55)58-41)15-8-29-4-11-33(12-5-29)42-18-20-44-59-61-46(65(44)63-42)25-31-9-16-40-35(22-31)27-38(52)48(54)57-40/h4-7,9-14,16-23,27-28,37H,8,15,24-26,56H2,1-3H3. The van der Waals surface area contributed by atoms with Gasteiger partial charge in [-0.05, 0) is 117 Å². The van der Waals surface area contributed by atoms with E-state index < -0.39 is 41.3 Å². The van der Waals surface area contributed by atoms with E-state index in [0.29, 0.717) is 88.2 Å². The summed E-state index contributed by atoms with van der Waals surface area (Å²) in [6.45, 7) is 5.49. The number of halogens is 4. The molecule has 69 heavy (non-hydrogen) atoms. The third-order valence-corrected chi connectivity index (χ3v) is 11.9. The first-order valence-electron chi connectivity index (χ1n) is 22.1. The number of hydrogen-bond acceptors (Lipinski definition) is 11. The monoisotopic (exact) mass is 930 g/mol. The molecule has 1 atom stereocenters. The third-order valence-electron chi connectivity index (χ3n) is 11.9. The van der Waals surface area contributed by atoms with Crippen molar-refractivity contribution in [3.05, 3.63) is 179 Å². The van der Waals surface area contributed by atoms with Crippen LogP contribution in [0.4, 0.5) is 22.4 Å². The topological polar surface area (TPSA) is 168 Å². The molecule has 0 bridgehead atoms. The summed E-state index contributed by atoms with van der Waals surface area (Å²) < 4.78 is 64.6. The Bertz CT molecular complexity index is 3560. The molecule has 0 aliphatic rings. The molecule has 0 fully saturated rings. The van der Waals surface area contributed by atoms with E-state index in [0.717, 1.165) is 50.5 Å². The van der Waals surface area contributed by atoms with Crippen LogP contribution in [0.15, 0.2) is 121 Å². The zero-order valence-corrected chi connectivity index (χ0v) is 37.5. The maximum atomic E-state index is 13.9. The van der Waals surface area contributed by atoms with Gasteiger partial charge in [-0.25, -0.2) is 34.4 Å². The number of carbonyl (C=O) groups excluding carboxylic acids is 1. The lowest BCUT2D eigenvalue weighted by Crippen LogP contribution is -2.51. The largest absolute Gasteiger partial charge is 0.445 e. The van der Waals surface area contributed by atoms with Crippen molar-refractivity contribution in [2.75, 3.05) is 0 Å². The van der Waals surface area contributed by atoms with Gasteiger partial charge in [0.15, 0.2) is 34.6 Å². The fourth-order valence-electron chi connectivity index (χ4n) is 8.05. The lowest BCUT2D eigenvalue weighted by atomic mass is 9.99. The van der Waals surface area contributed by atoms with Crippen LogP contribution in [0.2, 0.25) is 0 Å². The lowest BCUT2D eigenvalue weighted by molar-refractivity contribution is 0.0341. The zero-order valence-electron chi connectivity index (χ0n) is 37.5. The Balaban J connectivity index is 0.826. The summed E-state index contributed by atoms with van der Waals surface area (Å²) in [5.41, 5.74) is 7.83. The highest BCUT2D eigenvalue weighted by Gasteiger charge is 2.27. The van der Waals surface area contributed by atoms with Crippen LogP contribution in [-0.4, -0.2) is 72.3 Å². The molecule has 346 valence electrons. The number of benzene rings is 4. The molecule has 0 aliphatic carbocycles. The van der Waals surface area contributed by atoms with Crippen molar-refractivity contribution in [3.8, 4) is 22.5 Å². The molecule has 2 N–H and O–H groups in total. The first kappa shape index (κ1) is 44.6. The van der Waals surface area contributed by atoms with Crippen LogP contribution < -0.4 is 5.84 Å². The van der Waals surface area contributed by atoms with Crippen LogP contribution in [-0.2, 0) is 30.4 Å². The Morgan fingerprint density at radius 1 is 0.609 bits per heavy atom. The number of hydrogen-bond donors (Lipinski definition) is 1. The van der Waals surface area contributed by atoms with Gasteiger partial charge in [0.2, 0.25) is 11.9 Å². The molecular weight excluding hydrogens is 889 g/mol. The summed E-state index contributed by atoms with van der Waals surface area (Å²) in [7, 11) is 0. The van der Waals surface area contributed by atoms with Crippen LogP contribution in [0.1, 0.15) is 61.1 Å². The minimum absolute atomic E-state index is 0.342. The molecule has 0 spiro atoms. The van der Waals surface area contributed by atoms with E-state index in [1.807, 2.05) is 93.6 Å². The molecule has 6 heterocycles. The fourth-order valence-corrected chi connectivity index (χ4v) is 8.05. The van der Waals surface area contributed by atoms with E-state index in [9.17, 15) is 22.4 Å². The van der Waals surface area contributed by atoms with Gasteiger partial charge in [0.05, 0.1) is 28.0 Å². The van der Waals surface area contributed by atoms with E-state index in [2.05, 4.69) is 30.4 Å². The van der Waals surface area contributed by atoms with Gasteiger partial charge >= 0.3 is 6.09 Å². The fraction of sp³-hybridized carbons (Fsp3) is 0.196. The molecule has 14 nitrogen and oxygen atoms in total. The van der Waals surface area contributed by atoms with Crippen molar-refractivity contribution in [2.24, 2.45) is 5.84 Å². The number of hydrazine groups is 1. The number of rotatable bonds is 12. The molecule has 1 amide bonds. The summed E-state index contributed by atoms with van der Waals surface area (Å²) in [6.07, 6.45) is 1.10. The van der Waals surface area contributed by atoms with E-state index in [4.69, 9.17) is 20.8 Å². The van der Waals surface area contributed by atoms with Crippen LogP contribution in [0.25, 0.3) is 55.6 Å². The zero-order chi connectivity index (χ0) is 48.0. The first-order valence-corrected chi connectivity index (χ1v) is 22.1. The maximum Gasteiger partial charge on any atom is 0.424 e. The summed E-state index contributed by atoms with van der Waals surface area (Å²) in [4.78, 5) is 20.7. The second kappa shape index (κ2) is 18.1. The van der Waals surface area contributed by atoms with Crippen LogP contribution in [0, 0.1) is 23.5 Å². The highest BCUT2D eigenvalue weighted by molar-refractivity contribution is 5.80. The number of nitrogens with zero attached hydrogens (tertiary/aromatic N) is 11. The third kappa shape index (κ3) is 9.51. The number of fused-ring (bicyclic) bond motifs is 4. The molecule has 10 aromatic rings. The highest BCUT2D eigenvalue weighted by Crippen LogP contribution is 2.26. The van der Waals surface area contributed by atoms with E-state index in [-0.39, 0.29) is 0 Å². The SMILES string of the molecule is CC(C)(C)N(N)C(=O)OC(CCc1ccc(-c2ccc3nnc(Cc4ccc5nc(F)c(F)cc5c4)n3n2)cc1)Cc1ccc(-c2ccc3nnc(Cc4ccc5nc(F)c(F)cc5c4)n3n2)cc1. The molecule has 10 rings (SSSR count). The van der Waals surface area contributed by atoms with Crippen LogP contribution in [0.3, 0.4) is 0 Å². The summed E-state index contributed by atoms with van der Waals surface area (Å²) in [5, 5.41) is 29.0. The number of aryl methyl sites for hydroxylation is 1. The second-order valence-electron chi connectivity index (χ2n) is 17.8. The van der Waals surface area contributed by atoms with Crippen molar-refractivity contribution in [1.82, 2.24) is 54.6 Å². The van der Waals surface area contributed by atoms with Crippen molar-refractivity contribution in [2.45, 2.75) is 64.5 Å². The average Bonchev–Trinajstić information content (AvgIpc) is 3.94. The molecule has 0 saturated carbocycles. The minimum atomic E-state index is -1.14. The smallest absolute Gasteiger partial charge is 0.424 e. The number of amides is 1. The first-order chi connectivity index (χ1) is 33.2. The molecule has 1 unspecified atom stereocenters. The molecule has 0 radical (unpaired) electrons. The maximum absolute atomic E-state index is 13.9. The van der Waals surface area contributed by atoms with Crippen LogP contribution in [0.5, 0.6) is 0 Å². The molecule has 18 heteroatoms. The summed E-state index contributed by atoms with van der Waals surface area (Å²) in [5.74, 6) is 3.03. The van der Waals surface area contributed by atoms with Gasteiger partial charge in [-0.15, -0.1) is 20.4 Å². The van der Waals surface area contributed by atoms with Gasteiger partial charge in [-0.3, -0.25) is 0 Å². The van der Waals surface area contributed by atoms with Gasteiger partial charge in [-0.2, -0.15) is 28.0 Å². The lowest BCUT2D eigenvalue weighted by Gasteiger charge is -2.31. The molecule has 0 aliphatic heterocycles. The second-order valence-corrected chi connectivity index (χ2v) is 17.8. The summed E-state index contributed by atoms with van der Waals surface area (Å²) in [6, 6.07) is 35.9. The predicted octanol–water partition coefficient (Wildman–Crippen LogP) is 9.39. The number of carbonyl (C=O) groups is 1. The average molecular weight is 931 g/mol. The Hall–Kier alpha value is -8.25. The molecule has 6 aromatic heterocycles. The van der Waals surface area contributed by atoms with Gasteiger partial charge in [0.1, 0.15) is 6.10 Å². The Labute approximate surface area is 391 Å². The number of aromatic nitrogens is 10. The quantitative estimate of drug-likeness (QED) is 0.0408. The Morgan fingerprint density at radius 3 is 1.55 bits per heavy atom. The normalized spacial score (nSPS) is 12.3. The van der Waals surface area contributed by atoms with E-state index >= 15 is 0 Å². The van der Waals surface area contributed by atoms with Gasteiger partial charge in [0, 0.05) is 41.2 Å². The van der Waals surface area contributed by atoms with Gasteiger partial charge < -0.3 is 4.74 Å². The molecule has 0 saturated heterocycles. The van der Waals surface area contributed by atoms with Gasteiger partial charge in [-0.1, -0.05) is 60.7 Å². The Morgan fingerprint density at radius 2 is 1.07 bits per heavy atom. The van der Waals surface area contributed by atoms with Crippen molar-refractivity contribution in [1.29, 1.82) is 0 Å². The van der Waals surface area contributed by atoms with Crippen molar-refractivity contribution < 1.29 is 27.1 Å². The number of nitrogens with two attached hydrogens (primary N) is 1.